The zero-order valence-corrected chi connectivity index (χ0v) is 22.8. The van der Waals surface area contributed by atoms with Crippen molar-refractivity contribution in [3.05, 3.63) is 101 Å². The first-order valence-electron chi connectivity index (χ1n) is 13.1. The largest absolute Gasteiger partial charge is 0.483 e. The van der Waals surface area contributed by atoms with Gasteiger partial charge in [0.05, 0.1) is 0 Å². The van der Waals surface area contributed by atoms with Gasteiger partial charge in [0.15, 0.2) is 6.61 Å². The highest BCUT2D eigenvalue weighted by Gasteiger charge is 2.31. The molecule has 3 aromatic rings. The lowest BCUT2D eigenvalue weighted by Crippen LogP contribution is -2.51. The summed E-state index contributed by atoms with van der Waals surface area (Å²) < 4.78 is 6.10. The van der Waals surface area contributed by atoms with Gasteiger partial charge in [0.2, 0.25) is 5.91 Å². The molecule has 3 rings (SSSR count). The Morgan fingerprint density at radius 3 is 2.19 bits per heavy atom. The van der Waals surface area contributed by atoms with E-state index < -0.39 is 6.04 Å². The molecule has 0 aliphatic heterocycles. The summed E-state index contributed by atoms with van der Waals surface area (Å²) in [4.78, 5) is 28.9. The fourth-order valence-electron chi connectivity index (χ4n) is 4.24. The molecule has 0 radical (unpaired) electrons. The molecule has 1 atom stereocenters. The van der Waals surface area contributed by atoms with Crippen molar-refractivity contribution in [2.45, 2.75) is 65.5 Å². The number of amides is 2. The van der Waals surface area contributed by atoms with Crippen LogP contribution >= 0.6 is 0 Å². The van der Waals surface area contributed by atoms with Crippen molar-refractivity contribution < 1.29 is 14.3 Å². The van der Waals surface area contributed by atoms with Crippen molar-refractivity contribution in [2.24, 2.45) is 0 Å². The Morgan fingerprint density at radius 2 is 1.54 bits per heavy atom. The minimum absolute atomic E-state index is 0.128. The van der Waals surface area contributed by atoms with Crippen LogP contribution in [0.1, 0.15) is 56.4 Å². The minimum Gasteiger partial charge on any atom is -0.483 e. The highest BCUT2D eigenvalue weighted by molar-refractivity contribution is 5.88. The summed E-state index contributed by atoms with van der Waals surface area (Å²) in [6.07, 6.45) is 1.25. The van der Waals surface area contributed by atoms with Crippen molar-refractivity contribution in [2.75, 3.05) is 13.2 Å². The molecule has 0 saturated carbocycles. The third-order valence-electron chi connectivity index (χ3n) is 6.34. The van der Waals surface area contributed by atoms with Gasteiger partial charge in [-0.25, -0.2) is 0 Å². The minimum atomic E-state index is -0.663. The van der Waals surface area contributed by atoms with Crippen LogP contribution in [0.4, 0.5) is 0 Å². The summed E-state index contributed by atoms with van der Waals surface area (Å²) in [5.41, 5.74) is 4.02. The van der Waals surface area contributed by atoms with Crippen molar-refractivity contribution >= 4 is 11.8 Å². The lowest BCUT2D eigenvalue weighted by Gasteiger charge is -2.32. The maximum Gasteiger partial charge on any atom is 0.261 e. The van der Waals surface area contributed by atoms with E-state index in [0.717, 1.165) is 28.7 Å². The molecule has 3 aromatic carbocycles. The maximum atomic E-state index is 13.8. The molecule has 0 bridgehead atoms. The molecule has 0 unspecified atom stereocenters. The fraction of sp³-hybridized carbons (Fsp3) is 0.375. The molecule has 5 heteroatoms. The summed E-state index contributed by atoms with van der Waals surface area (Å²) in [7, 11) is 0. The number of nitrogens with zero attached hydrogens (tertiary/aromatic N) is 1. The van der Waals surface area contributed by atoms with Gasteiger partial charge in [-0.15, -0.1) is 0 Å². The van der Waals surface area contributed by atoms with Gasteiger partial charge in [-0.1, -0.05) is 106 Å². The second-order valence-electron chi connectivity index (χ2n) is 10.5. The van der Waals surface area contributed by atoms with Gasteiger partial charge in [-0.3, -0.25) is 9.59 Å². The molecule has 2 amide bonds. The Hall–Kier alpha value is -3.60. The molecule has 0 aromatic heterocycles. The Bertz CT molecular complexity index is 1150. The summed E-state index contributed by atoms with van der Waals surface area (Å²) >= 11 is 0. The molecule has 0 spiro atoms. The Kier molecular flexibility index (Phi) is 9.90. The number of carbonyl (C=O) groups excluding carboxylic acids is 2. The molecular weight excluding hydrogens is 460 g/mol. The molecule has 196 valence electrons. The van der Waals surface area contributed by atoms with Gasteiger partial charge >= 0.3 is 0 Å². The summed E-state index contributed by atoms with van der Waals surface area (Å²) in [6, 6.07) is 25.1. The lowest BCUT2D eigenvalue weighted by atomic mass is 9.86. The van der Waals surface area contributed by atoms with Crippen LogP contribution in [0.3, 0.4) is 0 Å². The molecule has 1 N–H and O–H groups in total. The number of benzene rings is 3. The number of hydrogen-bond donors (Lipinski definition) is 1. The van der Waals surface area contributed by atoms with Crippen molar-refractivity contribution in [1.82, 2.24) is 10.2 Å². The molecule has 5 nitrogen and oxygen atoms in total. The smallest absolute Gasteiger partial charge is 0.261 e. The molecule has 37 heavy (non-hydrogen) atoms. The number of hydrogen-bond acceptors (Lipinski definition) is 3. The Morgan fingerprint density at radius 1 is 0.892 bits per heavy atom. The predicted molar refractivity (Wildman–Crippen MR) is 150 cm³/mol. The normalized spacial score (nSPS) is 12.0. The number of para-hydroxylation sites is 1. The first kappa shape index (κ1) is 28.0. The number of nitrogens with one attached hydrogen (secondary N) is 1. The average Bonchev–Trinajstić information content (AvgIpc) is 2.89. The van der Waals surface area contributed by atoms with Crippen LogP contribution in [0, 0.1) is 6.92 Å². The van der Waals surface area contributed by atoms with Crippen molar-refractivity contribution in [3.8, 4) is 5.75 Å². The quantitative estimate of drug-likeness (QED) is 0.360. The SMILES string of the molecule is CCCNC(=O)[C@H](Cc1ccccc1)N(Cc1ccc(C)cc1)C(=O)COc1ccccc1C(C)(C)C. The lowest BCUT2D eigenvalue weighted by molar-refractivity contribution is -0.142. The molecule has 0 heterocycles. The molecular formula is C32H40N2O3. The van der Waals surface area contributed by atoms with E-state index in [1.165, 1.54) is 0 Å². The van der Waals surface area contributed by atoms with Gasteiger partial charge < -0.3 is 15.0 Å². The first-order chi connectivity index (χ1) is 17.7. The standard InChI is InChI=1S/C32H40N2O3/c1-6-20-33-31(36)28(21-25-12-8-7-9-13-25)34(22-26-18-16-24(2)17-19-26)30(35)23-37-29-15-11-10-14-27(29)32(3,4)5/h7-19,28H,6,20-23H2,1-5H3,(H,33,36)/t28-/m0/s1. The van der Waals surface area contributed by atoms with E-state index >= 15 is 0 Å². The Labute approximate surface area is 221 Å². The maximum absolute atomic E-state index is 13.8. The van der Waals surface area contributed by atoms with E-state index in [1.54, 1.807) is 4.90 Å². The summed E-state index contributed by atoms with van der Waals surface area (Å²) in [6.45, 7) is 11.1. The number of aryl methyl sites for hydroxylation is 1. The molecule has 0 fully saturated rings. The van der Waals surface area contributed by atoms with Crippen LogP contribution in [0.15, 0.2) is 78.9 Å². The van der Waals surface area contributed by atoms with E-state index in [9.17, 15) is 9.59 Å². The van der Waals surface area contributed by atoms with Crippen LogP contribution in [0.5, 0.6) is 5.75 Å². The Balaban J connectivity index is 1.92. The zero-order chi connectivity index (χ0) is 26.8. The number of ether oxygens (including phenoxy) is 1. The van der Waals surface area contributed by atoms with Crippen LogP contribution in [0.25, 0.3) is 0 Å². The molecule has 0 aliphatic rings. The van der Waals surface area contributed by atoms with Crippen molar-refractivity contribution in [3.63, 3.8) is 0 Å². The monoisotopic (exact) mass is 500 g/mol. The fourth-order valence-corrected chi connectivity index (χ4v) is 4.24. The van der Waals surface area contributed by atoms with Crippen molar-refractivity contribution in [1.29, 1.82) is 0 Å². The van der Waals surface area contributed by atoms with Crippen LogP contribution in [-0.4, -0.2) is 35.9 Å². The van der Waals surface area contributed by atoms with Crippen LogP contribution in [-0.2, 0) is 28.0 Å². The average molecular weight is 501 g/mol. The van der Waals surface area contributed by atoms with Gasteiger partial charge in [-0.05, 0) is 41.5 Å². The van der Waals surface area contributed by atoms with Gasteiger partial charge in [0.25, 0.3) is 5.91 Å². The zero-order valence-electron chi connectivity index (χ0n) is 22.8. The number of rotatable bonds is 11. The van der Waals surface area contributed by atoms with E-state index in [-0.39, 0.29) is 23.8 Å². The third kappa shape index (κ3) is 8.21. The highest BCUT2D eigenvalue weighted by Crippen LogP contribution is 2.31. The van der Waals surface area contributed by atoms with E-state index in [2.05, 4.69) is 26.1 Å². The van der Waals surface area contributed by atoms with Gasteiger partial charge in [-0.2, -0.15) is 0 Å². The summed E-state index contributed by atoms with van der Waals surface area (Å²) in [5, 5.41) is 3.01. The van der Waals surface area contributed by atoms with Gasteiger partial charge in [0.1, 0.15) is 11.8 Å². The third-order valence-corrected chi connectivity index (χ3v) is 6.34. The topological polar surface area (TPSA) is 58.6 Å². The van der Waals surface area contributed by atoms with Crippen LogP contribution < -0.4 is 10.1 Å². The van der Waals surface area contributed by atoms with Gasteiger partial charge in [0, 0.05) is 19.5 Å². The van der Waals surface area contributed by atoms with Crippen LogP contribution in [0.2, 0.25) is 0 Å². The predicted octanol–water partition coefficient (Wildman–Crippen LogP) is 5.84. The first-order valence-corrected chi connectivity index (χ1v) is 13.1. The highest BCUT2D eigenvalue weighted by atomic mass is 16.5. The second kappa shape index (κ2) is 13.1. The molecule has 0 saturated heterocycles. The second-order valence-corrected chi connectivity index (χ2v) is 10.5. The van der Waals surface area contributed by atoms with E-state index in [4.69, 9.17) is 4.74 Å². The molecule has 0 aliphatic carbocycles. The van der Waals surface area contributed by atoms with E-state index in [1.807, 2.05) is 92.7 Å². The summed E-state index contributed by atoms with van der Waals surface area (Å²) in [5.74, 6) is 0.312. The van der Waals surface area contributed by atoms with E-state index in [0.29, 0.717) is 25.3 Å². The number of carbonyl (C=O) groups is 2.